The number of hydrogen-bond acceptors (Lipinski definition) is 5. The highest BCUT2D eigenvalue weighted by Gasteiger charge is 2.10. The van der Waals surface area contributed by atoms with Gasteiger partial charge >= 0.3 is 0 Å². The van der Waals surface area contributed by atoms with Crippen molar-refractivity contribution >= 4 is 22.9 Å². The molecule has 0 saturated heterocycles. The largest absolute Gasteiger partial charge is 0.496 e. The van der Waals surface area contributed by atoms with Gasteiger partial charge in [0.15, 0.2) is 0 Å². The standard InChI is InChI=1S/C8H7ClN2O2S/c1-12-5-2-6(14-4-5)8-11-10-7(3-9)13-8/h2,4H,3H2,1H3. The van der Waals surface area contributed by atoms with Crippen LogP contribution in [-0.2, 0) is 5.88 Å². The summed E-state index contributed by atoms with van der Waals surface area (Å²) < 4.78 is 10.3. The van der Waals surface area contributed by atoms with Crippen LogP contribution in [0, 0.1) is 0 Å². The van der Waals surface area contributed by atoms with Crippen molar-refractivity contribution < 1.29 is 9.15 Å². The fourth-order valence-electron chi connectivity index (χ4n) is 0.945. The topological polar surface area (TPSA) is 48.2 Å². The van der Waals surface area contributed by atoms with Gasteiger partial charge < -0.3 is 9.15 Å². The molecular weight excluding hydrogens is 224 g/mol. The smallest absolute Gasteiger partial charge is 0.257 e. The molecule has 0 amide bonds. The molecule has 0 atom stereocenters. The summed E-state index contributed by atoms with van der Waals surface area (Å²) >= 11 is 7.03. The second-order valence-electron chi connectivity index (χ2n) is 2.49. The average molecular weight is 231 g/mol. The maximum atomic E-state index is 5.54. The first kappa shape index (κ1) is 9.48. The van der Waals surface area contributed by atoms with Gasteiger partial charge in [-0.05, 0) is 0 Å². The molecule has 0 aliphatic carbocycles. The lowest BCUT2D eigenvalue weighted by molar-refractivity contribution is 0.416. The van der Waals surface area contributed by atoms with Gasteiger partial charge in [-0.25, -0.2) is 0 Å². The fraction of sp³-hybridized carbons (Fsp3) is 0.250. The Morgan fingerprint density at radius 2 is 2.43 bits per heavy atom. The summed E-state index contributed by atoms with van der Waals surface area (Å²) in [6, 6.07) is 1.84. The Morgan fingerprint density at radius 3 is 3.00 bits per heavy atom. The molecular formula is C8H7ClN2O2S. The Hall–Kier alpha value is -1.07. The van der Waals surface area contributed by atoms with Crippen molar-refractivity contribution in [3.63, 3.8) is 0 Å². The SMILES string of the molecule is COc1csc(-c2nnc(CCl)o2)c1. The second-order valence-corrected chi connectivity index (χ2v) is 3.66. The lowest BCUT2D eigenvalue weighted by Gasteiger charge is -1.88. The molecule has 2 aromatic rings. The summed E-state index contributed by atoms with van der Waals surface area (Å²) in [6.07, 6.45) is 0. The van der Waals surface area contributed by atoms with E-state index in [9.17, 15) is 0 Å². The van der Waals surface area contributed by atoms with Gasteiger partial charge in [-0.1, -0.05) is 0 Å². The molecule has 6 heteroatoms. The van der Waals surface area contributed by atoms with Gasteiger partial charge in [0, 0.05) is 11.4 Å². The number of aromatic nitrogens is 2. The van der Waals surface area contributed by atoms with E-state index < -0.39 is 0 Å². The van der Waals surface area contributed by atoms with Crippen LogP contribution in [0.1, 0.15) is 5.89 Å². The summed E-state index contributed by atoms with van der Waals surface area (Å²) in [6.45, 7) is 0. The quantitative estimate of drug-likeness (QED) is 0.761. The number of nitrogens with zero attached hydrogens (tertiary/aromatic N) is 2. The highest BCUT2D eigenvalue weighted by atomic mass is 35.5. The molecule has 0 aromatic carbocycles. The minimum absolute atomic E-state index is 0.232. The Kier molecular flexibility index (Phi) is 2.69. The summed E-state index contributed by atoms with van der Waals surface area (Å²) in [4.78, 5) is 0.880. The van der Waals surface area contributed by atoms with E-state index in [2.05, 4.69) is 10.2 Å². The van der Waals surface area contributed by atoms with Crippen LogP contribution in [0.5, 0.6) is 5.75 Å². The zero-order valence-corrected chi connectivity index (χ0v) is 8.93. The van der Waals surface area contributed by atoms with Crippen molar-refractivity contribution in [3.05, 3.63) is 17.3 Å². The van der Waals surface area contributed by atoms with Crippen LogP contribution in [0.2, 0.25) is 0 Å². The van der Waals surface area contributed by atoms with Gasteiger partial charge in [-0.2, -0.15) is 0 Å². The van der Waals surface area contributed by atoms with Crippen LogP contribution in [0.4, 0.5) is 0 Å². The Labute approximate surface area is 89.5 Å². The van der Waals surface area contributed by atoms with E-state index in [-0.39, 0.29) is 5.88 Å². The van der Waals surface area contributed by atoms with Gasteiger partial charge in [0.1, 0.15) is 11.6 Å². The van der Waals surface area contributed by atoms with Crippen molar-refractivity contribution in [2.45, 2.75) is 5.88 Å². The zero-order chi connectivity index (χ0) is 9.97. The number of halogens is 1. The normalized spacial score (nSPS) is 10.4. The molecule has 0 radical (unpaired) electrons. The molecule has 0 N–H and O–H groups in total. The highest BCUT2D eigenvalue weighted by molar-refractivity contribution is 7.13. The molecule has 74 valence electrons. The zero-order valence-electron chi connectivity index (χ0n) is 7.36. The van der Waals surface area contributed by atoms with Crippen LogP contribution in [-0.4, -0.2) is 17.3 Å². The van der Waals surface area contributed by atoms with E-state index in [1.54, 1.807) is 7.11 Å². The molecule has 0 saturated carbocycles. The van der Waals surface area contributed by atoms with Gasteiger partial charge in [0.05, 0.1) is 12.0 Å². The van der Waals surface area contributed by atoms with Crippen molar-refractivity contribution in [2.75, 3.05) is 7.11 Å². The fourth-order valence-corrected chi connectivity index (χ4v) is 1.83. The van der Waals surface area contributed by atoms with E-state index >= 15 is 0 Å². The summed E-state index contributed by atoms with van der Waals surface area (Å²) in [5.41, 5.74) is 0. The van der Waals surface area contributed by atoms with Crippen LogP contribution in [0.25, 0.3) is 10.8 Å². The van der Waals surface area contributed by atoms with E-state index in [4.69, 9.17) is 20.8 Å². The number of thiophene rings is 1. The summed E-state index contributed by atoms with van der Waals surface area (Å²) in [7, 11) is 1.61. The Morgan fingerprint density at radius 1 is 1.57 bits per heavy atom. The first-order chi connectivity index (χ1) is 6.83. The Bertz CT molecular complexity index is 386. The molecule has 0 aliphatic heterocycles. The molecule has 2 rings (SSSR count). The van der Waals surface area contributed by atoms with E-state index in [0.717, 1.165) is 10.6 Å². The van der Waals surface area contributed by atoms with Gasteiger partial charge in [0.25, 0.3) is 5.89 Å². The van der Waals surface area contributed by atoms with Gasteiger partial charge in [-0.15, -0.1) is 33.1 Å². The van der Waals surface area contributed by atoms with Crippen LogP contribution in [0.15, 0.2) is 15.9 Å². The highest BCUT2D eigenvalue weighted by Crippen LogP contribution is 2.29. The van der Waals surface area contributed by atoms with E-state index in [1.807, 2.05) is 11.4 Å². The van der Waals surface area contributed by atoms with E-state index in [0.29, 0.717) is 11.8 Å². The number of methoxy groups -OCH3 is 1. The van der Waals surface area contributed by atoms with Crippen LogP contribution >= 0.6 is 22.9 Å². The molecule has 14 heavy (non-hydrogen) atoms. The predicted molar refractivity (Wildman–Crippen MR) is 53.7 cm³/mol. The molecule has 0 spiro atoms. The molecule has 4 nitrogen and oxygen atoms in total. The molecule has 0 fully saturated rings. The summed E-state index contributed by atoms with van der Waals surface area (Å²) in [5, 5.41) is 9.50. The van der Waals surface area contributed by atoms with E-state index in [1.165, 1.54) is 11.3 Å². The third-order valence-electron chi connectivity index (χ3n) is 1.60. The predicted octanol–water partition coefficient (Wildman–Crippen LogP) is 2.55. The third-order valence-corrected chi connectivity index (χ3v) is 2.73. The van der Waals surface area contributed by atoms with Crippen LogP contribution < -0.4 is 4.74 Å². The van der Waals surface area contributed by atoms with Crippen molar-refractivity contribution in [1.29, 1.82) is 0 Å². The maximum absolute atomic E-state index is 5.54. The number of hydrogen-bond donors (Lipinski definition) is 0. The molecule has 0 aliphatic rings. The first-order valence-electron chi connectivity index (χ1n) is 3.84. The van der Waals surface area contributed by atoms with Gasteiger partial charge in [0.2, 0.25) is 5.89 Å². The minimum Gasteiger partial charge on any atom is -0.496 e. The van der Waals surface area contributed by atoms with Crippen molar-refractivity contribution in [3.8, 4) is 16.5 Å². The first-order valence-corrected chi connectivity index (χ1v) is 5.26. The number of ether oxygens (including phenoxy) is 1. The Balaban J connectivity index is 2.29. The maximum Gasteiger partial charge on any atom is 0.257 e. The molecule has 2 heterocycles. The average Bonchev–Trinajstić information content (AvgIpc) is 2.86. The second kappa shape index (κ2) is 3.98. The number of alkyl halides is 1. The lowest BCUT2D eigenvalue weighted by Crippen LogP contribution is -1.76. The molecule has 2 aromatic heterocycles. The molecule has 0 unspecified atom stereocenters. The third kappa shape index (κ3) is 1.73. The molecule has 0 bridgehead atoms. The number of rotatable bonds is 3. The minimum atomic E-state index is 0.232. The lowest BCUT2D eigenvalue weighted by atomic mass is 10.4. The summed E-state index contributed by atoms with van der Waals surface area (Å²) in [5.74, 6) is 1.92. The van der Waals surface area contributed by atoms with Crippen molar-refractivity contribution in [1.82, 2.24) is 10.2 Å². The van der Waals surface area contributed by atoms with Gasteiger partial charge in [-0.3, -0.25) is 0 Å². The van der Waals surface area contributed by atoms with Crippen molar-refractivity contribution in [2.24, 2.45) is 0 Å². The van der Waals surface area contributed by atoms with Crippen LogP contribution in [0.3, 0.4) is 0 Å². The monoisotopic (exact) mass is 230 g/mol.